The number of morpholine rings is 1. The Kier molecular flexibility index (Phi) is 7.47. The highest BCUT2D eigenvalue weighted by Crippen LogP contribution is 2.20. The summed E-state index contributed by atoms with van der Waals surface area (Å²) < 4.78 is 11.7. The van der Waals surface area contributed by atoms with Crippen LogP contribution in [0.3, 0.4) is 0 Å². The molecule has 7 nitrogen and oxygen atoms in total. The Morgan fingerprint density at radius 1 is 1.15 bits per heavy atom. The van der Waals surface area contributed by atoms with Gasteiger partial charge in [-0.1, -0.05) is 18.2 Å². The maximum atomic E-state index is 12.0. The monoisotopic (exact) mass is 374 g/mol. The predicted molar refractivity (Wildman–Crippen MR) is 105 cm³/mol. The van der Waals surface area contributed by atoms with E-state index in [1.54, 1.807) is 7.05 Å². The molecule has 2 aliphatic heterocycles. The second-order valence-corrected chi connectivity index (χ2v) is 6.86. The number of amides is 1. The largest absolute Gasteiger partial charge is 0.375 e. The van der Waals surface area contributed by atoms with Crippen molar-refractivity contribution in [3.05, 3.63) is 35.9 Å². The van der Waals surface area contributed by atoms with Gasteiger partial charge in [-0.05, 0) is 31.4 Å². The summed E-state index contributed by atoms with van der Waals surface area (Å²) in [7, 11) is 1.80. The van der Waals surface area contributed by atoms with Crippen LogP contribution in [0.2, 0.25) is 0 Å². The molecule has 1 aromatic rings. The fourth-order valence-electron chi connectivity index (χ4n) is 3.50. The average molecular weight is 374 g/mol. The van der Waals surface area contributed by atoms with Gasteiger partial charge >= 0.3 is 0 Å². The highest BCUT2D eigenvalue weighted by atomic mass is 16.5. The predicted octanol–water partition coefficient (Wildman–Crippen LogP) is 1.26. The van der Waals surface area contributed by atoms with Crippen LogP contribution in [0.5, 0.6) is 0 Å². The molecule has 2 N–H and O–H groups in total. The molecule has 0 aromatic heterocycles. The van der Waals surface area contributed by atoms with Crippen molar-refractivity contribution in [1.82, 2.24) is 15.5 Å². The maximum absolute atomic E-state index is 12.0. The van der Waals surface area contributed by atoms with Crippen LogP contribution < -0.4 is 10.6 Å². The van der Waals surface area contributed by atoms with Crippen molar-refractivity contribution in [1.29, 1.82) is 0 Å². The maximum Gasteiger partial charge on any atom is 0.251 e. The molecular weight excluding hydrogens is 344 g/mol. The van der Waals surface area contributed by atoms with Gasteiger partial charge in [-0.15, -0.1) is 0 Å². The Morgan fingerprint density at radius 3 is 2.67 bits per heavy atom. The second kappa shape index (κ2) is 10.3. The third kappa shape index (κ3) is 5.68. The zero-order valence-electron chi connectivity index (χ0n) is 16.0. The van der Waals surface area contributed by atoms with Crippen molar-refractivity contribution < 1.29 is 14.3 Å². The topological polar surface area (TPSA) is 75.2 Å². The van der Waals surface area contributed by atoms with Crippen molar-refractivity contribution in [2.75, 3.05) is 46.4 Å². The van der Waals surface area contributed by atoms with Crippen LogP contribution >= 0.6 is 0 Å². The van der Waals surface area contributed by atoms with E-state index in [2.05, 4.69) is 20.5 Å². The van der Waals surface area contributed by atoms with E-state index in [0.717, 1.165) is 51.5 Å². The fourth-order valence-corrected chi connectivity index (χ4v) is 3.50. The Labute approximate surface area is 161 Å². The summed E-state index contributed by atoms with van der Waals surface area (Å²) in [6, 6.07) is 9.28. The first-order valence-electron chi connectivity index (χ1n) is 9.80. The Morgan fingerprint density at radius 2 is 1.93 bits per heavy atom. The number of hydrogen-bond donors (Lipinski definition) is 2. The second-order valence-electron chi connectivity index (χ2n) is 6.86. The summed E-state index contributed by atoms with van der Waals surface area (Å²) in [6.45, 7) is 4.54. The number of aliphatic imine (C=N–C) groups is 1. The molecule has 0 radical (unpaired) electrons. The zero-order valence-corrected chi connectivity index (χ0v) is 16.0. The molecule has 2 heterocycles. The summed E-state index contributed by atoms with van der Waals surface area (Å²) in [5.74, 6) is 0.850. The van der Waals surface area contributed by atoms with Crippen LogP contribution in [0.15, 0.2) is 35.3 Å². The molecule has 2 saturated heterocycles. The van der Waals surface area contributed by atoms with Crippen LogP contribution in [0.25, 0.3) is 0 Å². The van der Waals surface area contributed by atoms with E-state index >= 15 is 0 Å². The molecule has 2 atom stereocenters. The SMILES string of the molecule is CN=C(NCCCNC(=O)c1ccccc1)N1CCOC(C2CCCO2)C1. The van der Waals surface area contributed by atoms with E-state index in [4.69, 9.17) is 9.47 Å². The van der Waals surface area contributed by atoms with E-state index in [1.165, 1.54) is 0 Å². The van der Waals surface area contributed by atoms with Gasteiger partial charge in [0.1, 0.15) is 6.10 Å². The molecule has 0 saturated carbocycles. The third-order valence-corrected chi connectivity index (χ3v) is 4.94. The van der Waals surface area contributed by atoms with E-state index in [1.807, 2.05) is 30.3 Å². The minimum Gasteiger partial charge on any atom is -0.375 e. The highest BCUT2D eigenvalue weighted by Gasteiger charge is 2.32. The molecular formula is C20H30N4O3. The molecule has 148 valence electrons. The van der Waals surface area contributed by atoms with Gasteiger partial charge in [-0.2, -0.15) is 0 Å². The number of rotatable bonds is 6. The summed E-state index contributed by atoms with van der Waals surface area (Å²) in [4.78, 5) is 18.7. The lowest BCUT2D eigenvalue weighted by molar-refractivity contribution is -0.0816. The number of carbonyl (C=O) groups is 1. The van der Waals surface area contributed by atoms with Gasteiger partial charge in [0.25, 0.3) is 5.91 Å². The van der Waals surface area contributed by atoms with Crippen molar-refractivity contribution in [2.24, 2.45) is 4.99 Å². The molecule has 2 fully saturated rings. The van der Waals surface area contributed by atoms with Gasteiger partial charge in [0.15, 0.2) is 5.96 Å². The quantitative estimate of drug-likeness (QED) is 0.445. The van der Waals surface area contributed by atoms with E-state index in [-0.39, 0.29) is 18.1 Å². The molecule has 2 aliphatic rings. The van der Waals surface area contributed by atoms with Gasteiger partial charge in [-0.25, -0.2) is 0 Å². The highest BCUT2D eigenvalue weighted by molar-refractivity contribution is 5.94. The molecule has 1 amide bonds. The lowest BCUT2D eigenvalue weighted by Crippen LogP contribution is -2.53. The van der Waals surface area contributed by atoms with Gasteiger partial charge < -0.3 is 25.0 Å². The summed E-state index contributed by atoms with van der Waals surface area (Å²) in [5, 5.41) is 6.34. The molecule has 2 unspecified atom stereocenters. The number of benzene rings is 1. The van der Waals surface area contributed by atoms with Crippen LogP contribution in [0.1, 0.15) is 29.6 Å². The van der Waals surface area contributed by atoms with Crippen LogP contribution in [-0.2, 0) is 9.47 Å². The van der Waals surface area contributed by atoms with Gasteiger partial charge in [0.05, 0.1) is 12.7 Å². The molecule has 27 heavy (non-hydrogen) atoms. The number of guanidine groups is 1. The van der Waals surface area contributed by atoms with Crippen LogP contribution in [0, 0.1) is 0 Å². The fraction of sp³-hybridized carbons (Fsp3) is 0.600. The first-order valence-corrected chi connectivity index (χ1v) is 9.80. The van der Waals surface area contributed by atoms with Crippen molar-refractivity contribution in [3.63, 3.8) is 0 Å². The molecule has 0 bridgehead atoms. The average Bonchev–Trinajstić information content (AvgIpc) is 3.26. The van der Waals surface area contributed by atoms with Crippen LogP contribution in [0.4, 0.5) is 0 Å². The first-order chi connectivity index (χ1) is 13.3. The van der Waals surface area contributed by atoms with Gasteiger partial charge in [-0.3, -0.25) is 9.79 Å². The molecule has 0 aliphatic carbocycles. The Hall–Kier alpha value is -2.12. The number of hydrogen-bond acceptors (Lipinski definition) is 4. The molecule has 7 heteroatoms. The number of nitrogens with one attached hydrogen (secondary N) is 2. The lowest BCUT2D eigenvalue weighted by atomic mass is 10.1. The summed E-state index contributed by atoms with van der Waals surface area (Å²) in [5.41, 5.74) is 0.690. The lowest BCUT2D eigenvalue weighted by Gasteiger charge is -2.37. The van der Waals surface area contributed by atoms with E-state index in [9.17, 15) is 4.79 Å². The Balaban J connectivity index is 1.37. The summed E-state index contributed by atoms with van der Waals surface area (Å²) in [6.07, 6.45) is 3.35. The van der Waals surface area contributed by atoms with E-state index in [0.29, 0.717) is 18.7 Å². The van der Waals surface area contributed by atoms with Crippen molar-refractivity contribution in [3.8, 4) is 0 Å². The molecule has 0 spiro atoms. The van der Waals surface area contributed by atoms with Gasteiger partial charge in [0, 0.05) is 45.4 Å². The number of ether oxygens (including phenoxy) is 2. The molecule has 3 rings (SSSR count). The zero-order chi connectivity index (χ0) is 18.9. The number of nitrogens with zero attached hydrogens (tertiary/aromatic N) is 2. The standard InChI is InChI=1S/C20H30N4O3/c1-21-20(24-12-14-27-18(15-24)17-9-5-13-26-17)23-11-6-10-22-19(25)16-7-3-2-4-8-16/h2-4,7-8,17-18H,5-6,9-15H2,1H3,(H,21,23)(H,22,25). The normalized spacial score (nSPS) is 23.3. The van der Waals surface area contributed by atoms with Gasteiger partial charge in [0.2, 0.25) is 0 Å². The van der Waals surface area contributed by atoms with Crippen molar-refractivity contribution in [2.45, 2.75) is 31.5 Å². The smallest absolute Gasteiger partial charge is 0.251 e. The Bertz CT molecular complexity index is 617. The first kappa shape index (κ1) is 19.6. The van der Waals surface area contributed by atoms with E-state index < -0.39 is 0 Å². The van der Waals surface area contributed by atoms with Crippen molar-refractivity contribution >= 4 is 11.9 Å². The minimum absolute atomic E-state index is 0.0347. The minimum atomic E-state index is -0.0347. The number of carbonyl (C=O) groups excluding carboxylic acids is 1. The molecule has 1 aromatic carbocycles. The third-order valence-electron chi connectivity index (χ3n) is 4.94. The summed E-state index contributed by atoms with van der Waals surface area (Å²) >= 11 is 0. The van der Waals surface area contributed by atoms with Crippen LogP contribution in [-0.4, -0.2) is 75.4 Å².